The zero-order valence-corrected chi connectivity index (χ0v) is 45.4. The van der Waals surface area contributed by atoms with Crippen LogP contribution in [0.5, 0.6) is 0 Å². The number of aryl methyl sites for hydroxylation is 3. The molecule has 0 aromatic heterocycles. The molecular weight excluding hydrogens is 969 g/mol. The third kappa shape index (κ3) is 11.3. The quantitative estimate of drug-likeness (QED) is 0.0956. The van der Waals surface area contributed by atoms with Gasteiger partial charge in [0.2, 0.25) is 0 Å². The fourth-order valence-corrected chi connectivity index (χ4v) is 10.7. The van der Waals surface area contributed by atoms with Gasteiger partial charge in [0.25, 0.3) is 0 Å². The zero-order valence-electron chi connectivity index (χ0n) is 45.4. The normalized spacial score (nSPS) is 11.0. The highest BCUT2D eigenvalue weighted by molar-refractivity contribution is 5.83. The lowest BCUT2D eigenvalue weighted by Crippen LogP contribution is -2.11. The first kappa shape index (κ1) is 50.6. The molecular formula is C76H62N4. The number of benzene rings is 12. The molecule has 4 nitrogen and oxygen atoms in total. The van der Waals surface area contributed by atoms with Gasteiger partial charge in [-0.05, 0) is 212 Å². The van der Waals surface area contributed by atoms with Crippen molar-refractivity contribution >= 4 is 68.2 Å². The van der Waals surface area contributed by atoms with Crippen LogP contribution in [0.4, 0.5) is 68.2 Å². The number of nitrogens with zero attached hydrogens (tertiary/aromatic N) is 4. The maximum atomic E-state index is 2.37. The molecule has 0 fully saturated rings. The zero-order chi connectivity index (χ0) is 54.2. The SMILES string of the molecule is Cc1ccc(N(c2ccccc2)c2ccc(-c3ccc(N(c4ccc(C)cc4)c4cccc(Cc5cccc(N(c6ccccc6)c6ccc(-c7ccc(N(c8ccccc8)c8cccc(C)c8)cc7)cc6)c5)c4)cc3)cc2)cc1. The summed E-state index contributed by atoms with van der Waals surface area (Å²) in [4.78, 5) is 9.35. The summed E-state index contributed by atoms with van der Waals surface area (Å²) < 4.78 is 0. The van der Waals surface area contributed by atoms with Crippen LogP contribution in [-0.2, 0) is 6.42 Å². The van der Waals surface area contributed by atoms with Crippen molar-refractivity contribution in [3.8, 4) is 22.3 Å². The van der Waals surface area contributed by atoms with Crippen molar-refractivity contribution in [2.45, 2.75) is 27.2 Å². The van der Waals surface area contributed by atoms with Gasteiger partial charge in [-0.15, -0.1) is 0 Å². The van der Waals surface area contributed by atoms with Gasteiger partial charge in [-0.25, -0.2) is 0 Å². The number of hydrogen-bond acceptors (Lipinski definition) is 4. The average Bonchev–Trinajstić information content (AvgIpc) is 3.52. The van der Waals surface area contributed by atoms with E-state index in [9.17, 15) is 0 Å². The molecule has 12 aromatic rings. The maximum absolute atomic E-state index is 2.37. The molecule has 80 heavy (non-hydrogen) atoms. The Morgan fingerprint density at radius 2 is 0.425 bits per heavy atom. The summed E-state index contributed by atoms with van der Waals surface area (Å²) in [6.07, 6.45) is 0.771. The topological polar surface area (TPSA) is 13.0 Å². The van der Waals surface area contributed by atoms with Crippen molar-refractivity contribution < 1.29 is 0 Å². The molecule has 0 heterocycles. The summed E-state index contributed by atoms with van der Waals surface area (Å²) in [6, 6.07) is 112. The van der Waals surface area contributed by atoms with Crippen LogP contribution in [-0.4, -0.2) is 0 Å². The van der Waals surface area contributed by atoms with Gasteiger partial charge in [0, 0.05) is 68.2 Å². The second kappa shape index (κ2) is 23.2. The smallest absolute Gasteiger partial charge is 0.0464 e. The van der Waals surface area contributed by atoms with E-state index >= 15 is 0 Å². The molecule has 0 aliphatic heterocycles. The summed E-state index contributed by atoms with van der Waals surface area (Å²) in [5, 5.41) is 0. The number of para-hydroxylation sites is 3. The third-order valence-corrected chi connectivity index (χ3v) is 14.8. The van der Waals surface area contributed by atoms with E-state index in [1.807, 2.05) is 0 Å². The first-order chi connectivity index (χ1) is 39.4. The highest BCUT2D eigenvalue weighted by Gasteiger charge is 2.18. The summed E-state index contributed by atoms with van der Waals surface area (Å²) in [5.74, 6) is 0. The van der Waals surface area contributed by atoms with Gasteiger partial charge in [-0.1, -0.05) is 175 Å². The van der Waals surface area contributed by atoms with E-state index in [0.29, 0.717) is 0 Å². The molecule has 0 saturated heterocycles. The minimum Gasteiger partial charge on any atom is -0.311 e. The molecule has 0 N–H and O–H groups in total. The van der Waals surface area contributed by atoms with Crippen molar-refractivity contribution in [2.24, 2.45) is 0 Å². The molecule has 386 valence electrons. The van der Waals surface area contributed by atoms with Crippen molar-refractivity contribution in [3.05, 3.63) is 337 Å². The number of rotatable bonds is 16. The lowest BCUT2D eigenvalue weighted by Gasteiger charge is -2.27. The molecule has 0 aliphatic carbocycles. The van der Waals surface area contributed by atoms with Crippen LogP contribution >= 0.6 is 0 Å². The first-order valence-corrected chi connectivity index (χ1v) is 27.5. The van der Waals surface area contributed by atoms with Crippen LogP contribution in [0.15, 0.2) is 309 Å². The molecule has 12 rings (SSSR count). The third-order valence-electron chi connectivity index (χ3n) is 14.8. The molecule has 0 unspecified atom stereocenters. The lowest BCUT2D eigenvalue weighted by molar-refractivity contribution is 1.17. The van der Waals surface area contributed by atoms with Crippen LogP contribution in [0.3, 0.4) is 0 Å². The van der Waals surface area contributed by atoms with Crippen LogP contribution in [0.2, 0.25) is 0 Å². The largest absolute Gasteiger partial charge is 0.311 e. The molecule has 0 bridgehead atoms. The van der Waals surface area contributed by atoms with Gasteiger partial charge in [0.15, 0.2) is 0 Å². The maximum Gasteiger partial charge on any atom is 0.0464 e. The minimum atomic E-state index is 0.771. The van der Waals surface area contributed by atoms with Gasteiger partial charge >= 0.3 is 0 Å². The fourth-order valence-electron chi connectivity index (χ4n) is 10.7. The van der Waals surface area contributed by atoms with Crippen molar-refractivity contribution in [3.63, 3.8) is 0 Å². The van der Waals surface area contributed by atoms with Crippen molar-refractivity contribution in [2.75, 3.05) is 19.6 Å². The summed E-state index contributed by atoms with van der Waals surface area (Å²) in [5.41, 5.74) is 24.2. The highest BCUT2D eigenvalue weighted by atomic mass is 15.2. The van der Waals surface area contributed by atoms with Crippen LogP contribution in [0, 0.1) is 20.8 Å². The Kier molecular flexibility index (Phi) is 14.7. The van der Waals surface area contributed by atoms with E-state index in [-0.39, 0.29) is 0 Å². The lowest BCUT2D eigenvalue weighted by atomic mass is 10.0. The van der Waals surface area contributed by atoms with E-state index in [0.717, 1.165) is 96.9 Å². The van der Waals surface area contributed by atoms with Gasteiger partial charge in [-0.2, -0.15) is 0 Å². The van der Waals surface area contributed by atoms with Crippen molar-refractivity contribution in [1.29, 1.82) is 0 Å². The van der Waals surface area contributed by atoms with E-state index in [4.69, 9.17) is 0 Å². The molecule has 12 aromatic carbocycles. The standard InChI is InChI=1S/C76H62N4/c1-56-28-40-68(41-29-56)77(65-19-7-4-8-20-65)70-44-32-61(33-45-70)64-38-50-73(51-39-64)80(69-42-30-57(2)31-43-69)76-27-15-18-60(55-76)53-59-17-14-26-75(54-59)79(67-23-11-6-12-24-67)72-48-36-63(37-49-72)62-34-46-71(47-35-62)78(66-21-9-5-10-22-66)74-25-13-16-58(3)52-74/h4-52,54-55H,53H2,1-3H3. The number of hydrogen-bond donors (Lipinski definition) is 0. The van der Waals surface area contributed by atoms with Crippen LogP contribution in [0.25, 0.3) is 22.3 Å². The molecule has 0 amide bonds. The van der Waals surface area contributed by atoms with E-state index in [2.05, 4.69) is 350 Å². The summed E-state index contributed by atoms with van der Waals surface area (Å²) in [7, 11) is 0. The van der Waals surface area contributed by atoms with E-state index in [1.54, 1.807) is 0 Å². The van der Waals surface area contributed by atoms with E-state index < -0.39 is 0 Å². The second-order valence-electron chi connectivity index (χ2n) is 20.6. The van der Waals surface area contributed by atoms with Gasteiger partial charge in [0.05, 0.1) is 0 Å². The fraction of sp³-hybridized carbons (Fsp3) is 0.0526. The highest BCUT2D eigenvalue weighted by Crippen LogP contribution is 2.41. The Labute approximate surface area is 472 Å². The molecule has 0 atom stereocenters. The molecule has 4 heteroatoms. The van der Waals surface area contributed by atoms with E-state index in [1.165, 1.54) is 27.8 Å². The average molecular weight is 1030 g/mol. The molecule has 0 aliphatic rings. The van der Waals surface area contributed by atoms with Crippen LogP contribution < -0.4 is 19.6 Å². The Hall–Kier alpha value is -10.2. The number of anilines is 12. The Balaban J connectivity index is 0.796. The summed E-state index contributed by atoms with van der Waals surface area (Å²) >= 11 is 0. The molecule has 0 radical (unpaired) electrons. The van der Waals surface area contributed by atoms with Crippen molar-refractivity contribution in [1.82, 2.24) is 0 Å². The second-order valence-corrected chi connectivity index (χ2v) is 20.6. The molecule has 0 saturated carbocycles. The Morgan fingerprint density at radius 3 is 0.725 bits per heavy atom. The molecule has 0 spiro atoms. The predicted molar refractivity (Wildman–Crippen MR) is 340 cm³/mol. The van der Waals surface area contributed by atoms with Gasteiger partial charge in [-0.3, -0.25) is 0 Å². The van der Waals surface area contributed by atoms with Gasteiger partial charge < -0.3 is 19.6 Å². The monoisotopic (exact) mass is 1030 g/mol. The minimum absolute atomic E-state index is 0.771. The van der Waals surface area contributed by atoms with Gasteiger partial charge in [0.1, 0.15) is 0 Å². The first-order valence-electron chi connectivity index (χ1n) is 27.5. The predicted octanol–water partition coefficient (Wildman–Crippen LogP) is 21.4. The Bertz CT molecular complexity index is 3950. The van der Waals surface area contributed by atoms with Crippen LogP contribution in [0.1, 0.15) is 27.8 Å². The Morgan fingerprint density at radius 1 is 0.188 bits per heavy atom. The summed E-state index contributed by atoms with van der Waals surface area (Å²) in [6.45, 7) is 6.41.